The fourth-order valence-corrected chi connectivity index (χ4v) is 2.64. The summed E-state index contributed by atoms with van der Waals surface area (Å²) >= 11 is 0. The van der Waals surface area contributed by atoms with Gasteiger partial charge in [-0.15, -0.1) is 0 Å². The molecule has 1 aliphatic rings. The van der Waals surface area contributed by atoms with Crippen LogP contribution >= 0.6 is 0 Å². The number of amides is 2. The third-order valence-electron chi connectivity index (χ3n) is 4.06. The zero-order chi connectivity index (χ0) is 18.4. The number of benzene rings is 1. The van der Waals surface area contributed by atoms with Gasteiger partial charge in [0, 0.05) is 57.8 Å². The quantitative estimate of drug-likeness (QED) is 0.432. The van der Waals surface area contributed by atoms with E-state index in [0.29, 0.717) is 25.3 Å². The van der Waals surface area contributed by atoms with Crippen LogP contribution in [-0.4, -0.2) is 68.0 Å². The Balaban J connectivity index is 2.08. The first-order chi connectivity index (χ1) is 11.9. The predicted octanol–water partition coefficient (Wildman–Crippen LogP) is 0.213. The van der Waals surface area contributed by atoms with E-state index in [1.807, 2.05) is 11.9 Å². The molecule has 0 radical (unpaired) electrons. The second-order valence-corrected chi connectivity index (χ2v) is 5.99. The van der Waals surface area contributed by atoms with Crippen LogP contribution in [-0.2, 0) is 4.79 Å². The molecule has 2 amide bonds. The minimum atomic E-state index is -0.457. The van der Waals surface area contributed by atoms with E-state index in [9.17, 15) is 19.7 Å². The summed E-state index contributed by atoms with van der Waals surface area (Å²) < 4.78 is 0. The van der Waals surface area contributed by atoms with Crippen LogP contribution in [0.5, 0.6) is 0 Å². The van der Waals surface area contributed by atoms with Crippen molar-refractivity contribution in [3.05, 3.63) is 33.9 Å². The Kier molecular flexibility index (Phi) is 6.29. The molecule has 136 valence electrons. The highest BCUT2D eigenvalue weighted by atomic mass is 16.6. The fourth-order valence-electron chi connectivity index (χ4n) is 2.64. The molecular weight excluding hydrogens is 326 g/mol. The first-order valence-corrected chi connectivity index (χ1v) is 8.13. The molecule has 1 fully saturated rings. The summed E-state index contributed by atoms with van der Waals surface area (Å²) in [6, 6.07) is 4.53. The summed E-state index contributed by atoms with van der Waals surface area (Å²) in [5, 5.41) is 16.6. The number of piperazine rings is 1. The van der Waals surface area contributed by atoms with Gasteiger partial charge in [-0.05, 0) is 19.2 Å². The highest BCUT2D eigenvalue weighted by molar-refractivity contribution is 5.95. The van der Waals surface area contributed by atoms with E-state index in [-0.39, 0.29) is 23.7 Å². The number of nitrogens with zero attached hydrogens (tertiary/aromatic N) is 3. The van der Waals surface area contributed by atoms with Crippen molar-refractivity contribution >= 4 is 23.2 Å². The number of hydrogen-bond acceptors (Lipinski definition) is 6. The number of anilines is 1. The Morgan fingerprint density at radius 1 is 1.16 bits per heavy atom. The number of nitro benzene ring substituents is 1. The van der Waals surface area contributed by atoms with Crippen molar-refractivity contribution in [2.45, 2.75) is 6.92 Å². The molecule has 1 aliphatic heterocycles. The van der Waals surface area contributed by atoms with E-state index in [2.05, 4.69) is 15.5 Å². The molecule has 0 spiro atoms. The summed E-state index contributed by atoms with van der Waals surface area (Å²) in [6.07, 6.45) is 0. The van der Waals surface area contributed by atoms with Crippen LogP contribution < -0.4 is 15.5 Å². The second kappa shape index (κ2) is 8.43. The molecule has 0 saturated carbocycles. The van der Waals surface area contributed by atoms with Gasteiger partial charge in [0.15, 0.2) is 0 Å². The molecule has 0 atom stereocenters. The lowest BCUT2D eigenvalue weighted by Crippen LogP contribution is -2.44. The van der Waals surface area contributed by atoms with Crippen LogP contribution in [0, 0.1) is 10.1 Å². The van der Waals surface area contributed by atoms with Gasteiger partial charge in [-0.1, -0.05) is 0 Å². The topological polar surface area (TPSA) is 108 Å². The molecule has 1 saturated heterocycles. The summed E-state index contributed by atoms with van der Waals surface area (Å²) in [7, 11) is 2.01. The molecular formula is C16H23N5O4. The lowest BCUT2D eigenvalue weighted by atomic mass is 10.1. The molecule has 1 aromatic carbocycles. The highest BCUT2D eigenvalue weighted by Crippen LogP contribution is 2.30. The van der Waals surface area contributed by atoms with E-state index in [0.717, 1.165) is 13.1 Å². The van der Waals surface area contributed by atoms with Gasteiger partial charge in [0.2, 0.25) is 5.91 Å². The number of likely N-dealkylation sites (N-methyl/N-ethyl adjacent to an activating group) is 1. The van der Waals surface area contributed by atoms with Crippen LogP contribution in [0.4, 0.5) is 11.4 Å². The summed E-state index contributed by atoms with van der Waals surface area (Å²) in [4.78, 5) is 38.0. The Labute approximate surface area is 146 Å². The molecule has 9 nitrogen and oxygen atoms in total. The number of hydrogen-bond donors (Lipinski definition) is 2. The Morgan fingerprint density at radius 2 is 1.80 bits per heavy atom. The molecule has 9 heteroatoms. The fraction of sp³-hybridized carbons (Fsp3) is 0.500. The maximum absolute atomic E-state index is 12.1. The largest absolute Gasteiger partial charge is 0.363 e. The lowest BCUT2D eigenvalue weighted by Gasteiger charge is -2.33. The van der Waals surface area contributed by atoms with E-state index >= 15 is 0 Å². The number of nitro groups is 1. The van der Waals surface area contributed by atoms with Crippen molar-refractivity contribution in [2.75, 3.05) is 51.2 Å². The van der Waals surface area contributed by atoms with Gasteiger partial charge in [-0.25, -0.2) is 0 Å². The molecule has 0 unspecified atom stereocenters. The number of nitrogens with one attached hydrogen (secondary N) is 2. The summed E-state index contributed by atoms with van der Waals surface area (Å²) in [5.41, 5.74) is 0.694. The molecule has 0 aliphatic carbocycles. The maximum atomic E-state index is 12.1. The van der Waals surface area contributed by atoms with Crippen molar-refractivity contribution in [3.63, 3.8) is 0 Å². The van der Waals surface area contributed by atoms with Crippen molar-refractivity contribution in [2.24, 2.45) is 0 Å². The second-order valence-electron chi connectivity index (χ2n) is 5.99. The van der Waals surface area contributed by atoms with Gasteiger partial charge in [0.25, 0.3) is 11.6 Å². The van der Waals surface area contributed by atoms with Gasteiger partial charge in [-0.2, -0.15) is 0 Å². The zero-order valence-electron chi connectivity index (χ0n) is 14.4. The highest BCUT2D eigenvalue weighted by Gasteiger charge is 2.24. The first kappa shape index (κ1) is 18.7. The van der Waals surface area contributed by atoms with Gasteiger partial charge < -0.3 is 20.4 Å². The first-order valence-electron chi connectivity index (χ1n) is 8.13. The summed E-state index contributed by atoms with van der Waals surface area (Å²) in [5.74, 6) is -0.584. The number of rotatable bonds is 6. The van der Waals surface area contributed by atoms with E-state index in [1.54, 1.807) is 12.1 Å². The number of carbonyl (C=O) groups excluding carboxylic acids is 2. The Bertz CT molecular complexity index is 656. The van der Waals surface area contributed by atoms with Gasteiger partial charge in [-0.3, -0.25) is 19.7 Å². The Hall–Kier alpha value is -2.68. The molecule has 25 heavy (non-hydrogen) atoms. The average Bonchev–Trinajstić information content (AvgIpc) is 2.58. The maximum Gasteiger partial charge on any atom is 0.293 e. The van der Waals surface area contributed by atoms with Gasteiger partial charge in [0.05, 0.1) is 4.92 Å². The van der Waals surface area contributed by atoms with Crippen LogP contribution in [0.1, 0.15) is 17.3 Å². The van der Waals surface area contributed by atoms with Gasteiger partial charge in [0.1, 0.15) is 5.69 Å². The van der Waals surface area contributed by atoms with E-state index in [1.165, 1.54) is 13.0 Å². The zero-order valence-corrected chi connectivity index (χ0v) is 14.4. The van der Waals surface area contributed by atoms with Crippen LogP contribution in [0.2, 0.25) is 0 Å². The third-order valence-corrected chi connectivity index (χ3v) is 4.06. The smallest absolute Gasteiger partial charge is 0.293 e. The van der Waals surface area contributed by atoms with E-state index < -0.39 is 10.8 Å². The average molecular weight is 349 g/mol. The summed E-state index contributed by atoms with van der Waals surface area (Å²) in [6.45, 7) is 5.04. The lowest BCUT2D eigenvalue weighted by molar-refractivity contribution is -0.384. The normalized spacial score (nSPS) is 14.9. The molecule has 2 N–H and O–H groups in total. The van der Waals surface area contributed by atoms with Gasteiger partial charge >= 0.3 is 0 Å². The van der Waals surface area contributed by atoms with Crippen molar-refractivity contribution in [1.29, 1.82) is 0 Å². The van der Waals surface area contributed by atoms with Crippen LogP contribution in [0.3, 0.4) is 0 Å². The standard InChI is InChI=1S/C16H23N5O4/c1-12(22)17-5-6-18-16(23)13-3-4-14(15(11-13)21(24)25)20-9-7-19(2)8-10-20/h3-4,11H,5-10H2,1-2H3,(H,17,22)(H,18,23). The minimum absolute atomic E-state index is 0.0703. The molecule has 2 rings (SSSR count). The van der Waals surface area contributed by atoms with Crippen LogP contribution in [0.15, 0.2) is 18.2 Å². The van der Waals surface area contributed by atoms with E-state index in [4.69, 9.17) is 0 Å². The SMILES string of the molecule is CC(=O)NCCNC(=O)c1ccc(N2CCN(C)CC2)c([N+](=O)[O-])c1. The van der Waals surface area contributed by atoms with Crippen molar-refractivity contribution in [1.82, 2.24) is 15.5 Å². The molecule has 0 bridgehead atoms. The van der Waals surface area contributed by atoms with Crippen molar-refractivity contribution in [3.8, 4) is 0 Å². The minimum Gasteiger partial charge on any atom is -0.363 e. The van der Waals surface area contributed by atoms with Crippen molar-refractivity contribution < 1.29 is 14.5 Å². The third kappa shape index (κ3) is 5.15. The van der Waals surface area contributed by atoms with Crippen LogP contribution in [0.25, 0.3) is 0 Å². The molecule has 0 aromatic heterocycles. The Morgan fingerprint density at radius 3 is 2.40 bits per heavy atom. The molecule has 1 aromatic rings. The molecule has 1 heterocycles. The monoisotopic (exact) mass is 349 g/mol. The number of carbonyl (C=O) groups is 2. The predicted molar refractivity (Wildman–Crippen MR) is 93.8 cm³/mol.